The number of rotatable bonds is 4. The molecule has 20 heavy (non-hydrogen) atoms. The minimum atomic E-state index is -0.351. The standard InChI is InChI=1S/C15H12BrIO3/c1-19-15(18)10-6-7-11(12(16)8-10)9-20-14-5-3-2-4-13(14)17/h2-8H,9H2,1H3. The lowest BCUT2D eigenvalue weighted by molar-refractivity contribution is 0.0600. The second-order valence-electron chi connectivity index (χ2n) is 4.02. The fourth-order valence-corrected chi connectivity index (χ4v) is 2.66. The molecule has 0 aliphatic heterocycles. The maximum Gasteiger partial charge on any atom is 0.337 e. The first-order valence-corrected chi connectivity index (χ1v) is 7.73. The van der Waals surface area contributed by atoms with Gasteiger partial charge in [-0.15, -0.1) is 0 Å². The van der Waals surface area contributed by atoms with E-state index in [9.17, 15) is 4.79 Å². The number of hydrogen-bond donors (Lipinski definition) is 0. The van der Waals surface area contributed by atoms with Gasteiger partial charge in [-0.3, -0.25) is 0 Å². The van der Waals surface area contributed by atoms with E-state index in [1.807, 2.05) is 30.3 Å². The molecule has 0 aromatic heterocycles. The van der Waals surface area contributed by atoms with Gasteiger partial charge < -0.3 is 9.47 Å². The molecule has 3 nitrogen and oxygen atoms in total. The molecule has 0 aliphatic rings. The van der Waals surface area contributed by atoms with Crippen molar-refractivity contribution in [3.8, 4) is 5.75 Å². The summed E-state index contributed by atoms with van der Waals surface area (Å²) in [6, 6.07) is 13.1. The van der Waals surface area contributed by atoms with Gasteiger partial charge in [0.2, 0.25) is 0 Å². The van der Waals surface area contributed by atoms with Crippen LogP contribution in [0.4, 0.5) is 0 Å². The molecule has 0 spiro atoms. The third-order valence-corrected chi connectivity index (χ3v) is 4.32. The zero-order valence-electron chi connectivity index (χ0n) is 10.7. The van der Waals surface area contributed by atoms with Crippen molar-refractivity contribution in [1.82, 2.24) is 0 Å². The molecule has 2 rings (SSSR count). The molecule has 0 aliphatic carbocycles. The van der Waals surface area contributed by atoms with E-state index < -0.39 is 0 Å². The van der Waals surface area contributed by atoms with Gasteiger partial charge in [0.25, 0.3) is 0 Å². The number of esters is 1. The van der Waals surface area contributed by atoms with Crippen LogP contribution < -0.4 is 4.74 Å². The molecule has 2 aromatic carbocycles. The van der Waals surface area contributed by atoms with Crippen molar-refractivity contribution in [2.45, 2.75) is 6.61 Å². The fraction of sp³-hybridized carbons (Fsp3) is 0.133. The monoisotopic (exact) mass is 446 g/mol. The first-order valence-electron chi connectivity index (χ1n) is 5.86. The summed E-state index contributed by atoms with van der Waals surface area (Å²) >= 11 is 5.68. The van der Waals surface area contributed by atoms with Gasteiger partial charge in [-0.25, -0.2) is 4.79 Å². The van der Waals surface area contributed by atoms with E-state index in [2.05, 4.69) is 43.3 Å². The lowest BCUT2D eigenvalue weighted by Crippen LogP contribution is -2.03. The highest BCUT2D eigenvalue weighted by Gasteiger charge is 2.09. The molecule has 5 heteroatoms. The van der Waals surface area contributed by atoms with Crippen LogP contribution in [0.15, 0.2) is 46.9 Å². The van der Waals surface area contributed by atoms with Crippen molar-refractivity contribution >= 4 is 44.5 Å². The Kier molecular flexibility index (Phi) is 5.42. The van der Waals surface area contributed by atoms with E-state index in [1.165, 1.54) is 7.11 Å². The Hall–Kier alpha value is -1.08. The van der Waals surface area contributed by atoms with Crippen LogP contribution in [-0.4, -0.2) is 13.1 Å². The molecule has 0 heterocycles. The average molecular weight is 447 g/mol. The van der Waals surface area contributed by atoms with Crippen molar-refractivity contribution in [3.05, 3.63) is 61.6 Å². The molecule has 0 unspecified atom stereocenters. The van der Waals surface area contributed by atoms with Crippen molar-refractivity contribution in [2.24, 2.45) is 0 Å². The van der Waals surface area contributed by atoms with Crippen molar-refractivity contribution in [2.75, 3.05) is 7.11 Å². The largest absolute Gasteiger partial charge is 0.488 e. The molecule has 0 N–H and O–H groups in total. The zero-order chi connectivity index (χ0) is 14.5. The Bertz CT molecular complexity index is 628. The van der Waals surface area contributed by atoms with Gasteiger partial charge in [0.15, 0.2) is 0 Å². The van der Waals surface area contributed by atoms with Crippen LogP contribution in [0.3, 0.4) is 0 Å². The molecule has 0 saturated carbocycles. The van der Waals surface area contributed by atoms with E-state index in [4.69, 9.17) is 4.74 Å². The lowest BCUT2D eigenvalue weighted by Gasteiger charge is -2.10. The summed E-state index contributed by atoms with van der Waals surface area (Å²) in [6.45, 7) is 0.433. The van der Waals surface area contributed by atoms with Crippen LogP contribution in [0.5, 0.6) is 5.75 Å². The Morgan fingerprint density at radius 1 is 1.25 bits per heavy atom. The highest BCUT2D eigenvalue weighted by Crippen LogP contribution is 2.24. The van der Waals surface area contributed by atoms with Crippen LogP contribution in [0.25, 0.3) is 0 Å². The number of benzene rings is 2. The van der Waals surface area contributed by atoms with Crippen molar-refractivity contribution in [3.63, 3.8) is 0 Å². The Morgan fingerprint density at radius 2 is 2.00 bits per heavy atom. The molecule has 0 amide bonds. The van der Waals surface area contributed by atoms with E-state index >= 15 is 0 Å². The predicted octanol–water partition coefficient (Wildman–Crippen LogP) is 4.42. The Morgan fingerprint density at radius 3 is 2.65 bits per heavy atom. The topological polar surface area (TPSA) is 35.5 Å². The fourth-order valence-electron chi connectivity index (χ4n) is 1.63. The van der Waals surface area contributed by atoms with Gasteiger partial charge in [0, 0.05) is 10.0 Å². The minimum absolute atomic E-state index is 0.351. The SMILES string of the molecule is COC(=O)c1ccc(COc2ccccc2I)c(Br)c1. The molecule has 104 valence electrons. The summed E-state index contributed by atoms with van der Waals surface area (Å²) in [5, 5.41) is 0. The van der Waals surface area contributed by atoms with Gasteiger partial charge >= 0.3 is 5.97 Å². The predicted molar refractivity (Wildman–Crippen MR) is 89.0 cm³/mol. The van der Waals surface area contributed by atoms with Gasteiger partial charge in [-0.05, 0) is 46.9 Å². The first-order chi connectivity index (χ1) is 9.61. The lowest BCUT2D eigenvalue weighted by atomic mass is 10.1. The van der Waals surface area contributed by atoms with Gasteiger partial charge in [-0.1, -0.05) is 34.1 Å². The molecule has 0 fully saturated rings. The van der Waals surface area contributed by atoms with Crippen molar-refractivity contribution in [1.29, 1.82) is 0 Å². The van der Waals surface area contributed by atoms with Gasteiger partial charge in [-0.2, -0.15) is 0 Å². The molecular formula is C15H12BrIO3. The quantitative estimate of drug-likeness (QED) is 0.515. The summed E-state index contributed by atoms with van der Waals surface area (Å²) in [5.41, 5.74) is 1.48. The number of halogens is 2. The average Bonchev–Trinajstić information content (AvgIpc) is 2.46. The first kappa shape index (κ1) is 15.3. The third kappa shape index (κ3) is 3.73. The van der Waals surface area contributed by atoms with Crippen LogP contribution in [0, 0.1) is 3.57 Å². The summed E-state index contributed by atoms with van der Waals surface area (Å²) in [7, 11) is 1.37. The van der Waals surface area contributed by atoms with Crippen LogP contribution in [0.1, 0.15) is 15.9 Å². The summed E-state index contributed by atoms with van der Waals surface area (Å²) in [5.74, 6) is 0.493. The van der Waals surface area contributed by atoms with Crippen LogP contribution in [0.2, 0.25) is 0 Å². The maximum absolute atomic E-state index is 11.4. The molecule has 0 saturated heterocycles. The molecule has 0 radical (unpaired) electrons. The molecule has 0 atom stereocenters. The van der Waals surface area contributed by atoms with Crippen LogP contribution >= 0.6 is 38.5 Å². The van der Waals surface area contributed by atoms with E-state index in [-0.39, 0.29) is 5.97 Å². The number of carbonyl (C=O) groups excluding carboxylic acids is 1. The van der Waals surface area contributed by atoms with Gasteiger partial charge in [0.05, 0.1) is 16.2 Å². The third-order valence-electron chi connectivity index (χ3n) is 2.69. The zero-order valence-corrected chi connectivity index (χ0v) is 14.5. The second kappa shape index (κ2) is 7.08. The minimum Gasteiger partial charge on any atom is -0.488 e. The van der Waals surface area contributed by atoms with Gasteiger partial charge in [0.1, 0.15) is 12.4 Å². The molecular weight excluding hydrogens is 435 g/mol. The number of hydrogen-bond acceptors (Lipinski definition) is 3. The summed E-state index contributed by atoms with van der Waals surface area (Å²) in [4.78, 5) is 11.4. The Labute approximate surface area is 139 Å². The number of methoxy groups -OCH3 is 1. The van der Waals surface area contributed by atoms with Crippen LogP contribution in [-0.2, 0) is 11.3 Å². The number of ether oxygens (including phenoxy) is 2. The number of carbonyl (C=O) groups is 1. The van der Waals surface area contributed by atoms with E-state index in [1.54, 1.807) is 12.1 Å². The normalized spacial score (nSPS) is 10.2. The Balaban J connectivity index is 2.11. The van der Waals surface area contributed by atoms with Crippen molar-refractivity contribution < 1.29 is 14.3 Å². The van der Waals surface area contributed by atoms with E-state index in [0.717, 1.165) is 19.4 Å². The smallest absolute Gasteiger partial charge is 0.337 e. The summed E-state index contributed by atoms with van der Waals surface area (Å²) in [6.07, 6.45) is 0. The second-order valence-corrected chi connectivity index (χ2v) is 6.03. The highest BCUT2D eigenvalue weighted by molar-refractivity contribution is 14.1. The maximum atomic E-state index is 11.4. The molecule has 2 aromatic rings. The molecule has 0 bridgehead atoms. The highest BCUT2D eigenvalue weighted by atomic mass is 127. The summed E-state index contributed by atoms with van der Waals surface area (Å²) < 4.78 is 12.3. The van der Waals surface area contributed by atoms with E-state index in [0.29, 0.717) is 12.2 Å². The number of para-hydroxylation sites is 1.